The number of nitrogens with one attached hydrogen (secondary N) is 1. The lowest BCUT2D eigenvalue weighted by Crippen LogP contribution is -2.33. The molecule has 39 heavy (non-hydrogen) atoms. The summed E-state index contributed by atoms with van der Waals surface area (Å²) in [5.41, 5.74) is 5.99. The Hall–Kier alpha value is -2.14. The van der Waals surface area contributed by atoms with Crippen LogP contribution in [0.25, 0.3) is 0 Å². The molecule has 2 unspecified atom stereocenters. The van der Waals surface area contributed by atoms with Crippen LogP contribution in [0.1, 0.15) is 101 Å². The van der Waals surface area contributed by atoms with Crippen molar-refractivity contribution in [2.24, 2.45) is 11.8 Å². The molecular formula is C34H55BrN2O2. The number of hydrogen-bond donors (Lipinski definition) is 1. The van der Waals surface area contributed by atoms with Crippen molar-refractivity contribution in [2.75, 3.05) is 19.0 Å². The zero-order valence-corrected chi connectivity index (χ0v) is 28.0. The zero-order chi connectivity index (χ0) is 30.0. The van der Waals surface area contributed by atoms with Gasteiger partial charge in [-0.15, -0.1) is 0 Å². The first-order valence-electron chi connectivity index (χ1n) is 14.8. The van der Waals surface area contributed by atoms with Gasteiger partial charge >= 0.3 is 0 Å². The molecule has 2 aromatic rings. The van der Waals surface area contributed by atoms with E-state index in [4.69, 9.17) is 0 Å². The fourth-order valence-corrected chi connectivity index (χ4v) is 4.79. The van der Waals surface area contributed by atoms with Crippen LogP contribution in [0.5, 0.6) is 0 Å². The number of benzene rings is 2. The van der Waals surface area contributed by atoms with Crippen molar-refractivity contribution in [3.8, 4) is 0 Å². The van der Waals surface area contributed by atoms with E-state index in [0.717, 1.165) is 56.2 Å². The SMILES string of the molecule is CCCCC(CC)C(=O)N(C)c1cc(C)ccc1C.CCCCC(CC)C(=O)NC.Cc1ccc(C)c(Br)c1. The molecule has 0 fully saturated rings. The largest absolute Gasteiger partial charge is 0.359 e. The van der Waals surface area contributed by atoms with E-state index in [1.54, 1.807) is 7.05 Å². The molecule has 0 aliphatic heterocycles. The molecule has 0 radical (unpaired) electrons. The van der Waals surface area contributed by atoms with E-state index in [2.05, 4.69) is 113 Å². The third-order valence-corrected chi connectivity index (χ3v) is 8.00. The minimum absolute atomic E-state index is 0.157. The predicted octanol–water partition coefficient (Wildman–Crippen LogP) is 9.50. The monoisotopic (exact) mass is 602 g/mol. The summed E-state index contributed by atoms with van der Waals surface area (Å²) in [6.07, 6.45) is 8.53. The maximum Gasteiger partial charge on any atom is 0.229 e. The Labute approximate surface area is 248 Å². The van der Waals surface area contributed by atoms with Crippen molar-refractivity contribution < 1.29 is 9.59 Å². The van der Waals surface area contributed by atoms with Gasteiger partial charge in [0.1, 0.15) is 0 Å². The van der Waals surface area contributed by atoms with Gasteiger partial charge in [0.2, 0.25) is 11.8 Å². The number of halogens is 1. The summed E-state index contributed by atoms with van der Waals surface area (Å²) in [4.78, 5) is 25.5. The molecule has 220 valence electrons. The van der Waals surface area contributed by atoms with Crippen LogP contribution in [-0.4, -0.2) is 25.9 Å². The first-order chi connectivity index (χ1) is 18.5. The summed E-state index contributed by atoms with van der Waals surface area (Å²) < 4.78 is 1.20. The van der Waals surface area contributed by atoms with Crippen LogP contribution in [0, 0.1) is 39.5 Å². The number of carbonyl (C=O) groups excluding carboxylic acids is 2. The molecule has 0 saturated carbocycles. The molecule has 2 aromatic carbocycles. The van der Waals surface area contributed by atoms with E-state index in [9.17, 15) is 9.59 Å². The first kappa shape index (κ1) is 36.9. The molecule has 2 atom stereocenters. The lowest BCUT2D eigenvalue weighted by Gasteiger charge is -2.25. The van der Waals surface area contributed by atoms with E-state index >= 15 is 0 Å². The Bertz CT molecular complexity index is 989. The highest BCUT2D eigenvalue weighted by atomic mass is 79.9. The number of nitrogens with zero attached hydrogens (tertiary/aromatic N) is 1. The molecule has 0 aromatic heterocycles. The number of anilines is 1. The first-order valence-corrected chi connectivity index (χ1v) is 15.5. The minimum atomic E-state index is 0.157. The second kappa shape index (κ2) is 20.7. The second-order valence-corrected chi connectivity index (χ2v) is 11.4. The molecule has 2 rings (SSSR count). The molecule has 0 heterocycles. The molecule has 0 aliphatic carbocycles. The summed E-state index contributed by atoms with van der Waals surface area (Å²) in [6.45, 7) is 16.8. The number of amides is 2. The summed E-state index contributed by atoms with van der Waals surface area (Å²) in [7, 11) is 3.61. The Morgan fingerprint density at radius 1 is 0.795 bits per heavy atom. The third kappa shape index (κ3) is 14.2. The maximum atomic E-state index is 12.6. The van der Waals surface area contributed by atoms with Crippen LogP contribution in [-0.2, 0) is 9.59 Å². The van der Waals surface area contributed by atoms with Crippen LogP contribution in [0.15, 0.2) is 40.9 Å². The highest BCUT2D eigenvalue weighted by Gasteiger charge is 2.21. The quantitative estimate of drug-likeness (QED) is 0.278. The van der Waals surface area contributed by atoms with Gasteiger partial charge in [-0.1, -0.05) is 93.6 Å². The smallest absolute Gasteiger partial charge is 0.229 e. The molecule has 1 N–H and O–H groups in total. The van der Waals surface area contributed by atoms with Gasteiger partial charge in [0.15, 0.2) is 0 Å². The van der Waals surface area contributed by atoms with Gasteiger partial charge in [-0.25, -0.2) is 0 Å². The molecule has 4 nitrogen and oxygen atoms in total. The van der Waals surface area contributed by atoms with E-state index in [1.807, 2.05) is 11.9 Å². The molecule has 0 aliphatic rings. The van der Waals surface area contributed by atoms with Gasteiger partial charge in [-0.05, 0) is 87.8 Å². The van der Waals surface area contributed by atoms with E-state index in [1.165, 1.54) is 27.6 Å². The van der Waals surface area contributed by atoms with Gasteiger partial charge in [0.25, 0.3) is 0 Å². The topological polar surface area (TPSA) is 49.4 Å². The average Bonchev–Trinajstić information content (AvgIpc) is 2.93. The number of hydrogen-bond acceptors (Lipinski definition) is 2. The lowest BCUT2D eigenvalue weighted by molar-refractivity contribution is -0.125. The van der Waals surface area contributed by atoms with Crippen LogP contribution >= 0.6 is 15.9 Å². The van der Waals surface area contributed by atoms with Gasteiger partial charge in [0.05, 0.1) is 0 Å². The highest BCUT2D eigenvalue weighted by molar-refractivity contribution is 9.10. The van der Waals surface area contributed by atoms with E-state index in [0.29, 0.717) is 0 Å². The number of unbranched alkanes of at least 4 members (excludes halogenated alkanes) is 2. The van der Waals surface area contributed by atoms with Crippen LogP contribution < -0.4 is 10.2 Å². The second-order valence-electron chi connectivity index (χ2n) is 10.5. The zero-order valence-electron chi connectivity index (χ0n) is 26.4. The van der Waals surface area contributed by atoms with Gasteiger partial charge in [-0.3, -0.25) is 9.59 Å². The van der Waals surface area contributed by atoms with Crippen LogP contribution in [0.2, 0.25) is 0 Å². The molecule has 0 spiro atoms. The molecule has 0 saturated heterocycles. The van der Waals surface area contributed by atoms with E-state index in [-0.39, 0.29) is 23.7 Å². The Morgan fingerprint density at radius 2 is 1.28 bits per heavy atom. The summed E-state index contributed by atoms with van der Waals surface area (Å²) >= 11 is 3.45. The van der Waals surface area contributed by atoms with Crippen molar-refractivity contribution in [1.29, 1.82) is 0 Å². The van der Waals surface area contributed by atoms with Crippen LogP contribution in [0.4, 0.5) is 5.69 Å². The van der Waals surface area contributed by atoms with Crippen molar-refractivity contribution in [3.63, 3.8) is 0 Å². The number of carbonyl (C=O) groups is 2. The lowest BCUT2D eigenvalue weighted by atomic mass is 9.97. The summed E-state index contributed by atoms with van der Waals surface area (Å²) in [6, 6.07) is 12.6. The molecule has 0 bridgehead atoms. The van der Waals surface area contributed by atoms with Gasteiger partial charge < -0.3 is 10.2 Å². The minimum Gasteiger partial charge on any atom is -0.359 e. The standard InChI is InChI=1S/C17H27NO.C9H19NO.C8H9Br/c1-6-8-9-15(7-2)17(19)18(5)16-12-13(3)10-11-14(16)4;1-4-6-7-8(5-2)9(11)10-3;1-6-3-4-7(2)8(9)5-6/h10-12,15H,6-9H2,1-5H3;8H,4-7H2,1-3H3,(H,10,11);3-5H,1-2H3. The van der Waals surface area contributed by atoms with Crippen molar-refractivity contribution in [2.45, 2.75) is 107 Å². The van der Waals surface area contributed by atoms with Crippen molar-refractivity contribution in [1.82, 2.24) is 5.32 Å². The van der Waals surface area contributed by atoms with Gasteiger partial charge in [0, 0.05) is 36.1 Å². The predicted molar refractivity (Wildman–Crippen MR) is 174 cm³/mol. The highest BCUT2D eigenvalue weighted by Crippen LogP contribution is 2.24. The number of rotatable bonds is 11. The molecular weight excluding hydrogens is 548 g/mol. The molecule has 5 heteroatoms. The summed E-state index contributed by atoms with van der Waals surface area (Å²) in [5.74, 6) is 0.843. The fourth-order valence-electron chi connectivity index (χ4n) is 4.30. The maximum absolute atomic E-state index is 12.6. The number of aryl methyl sites for hydroxylation is 4. The normalized spacial score (nSPS) is 11.8. The van der Waals surface area contributed by atoms with Gasteiger partial charge in [-0.2, -0.15) is 0 Å². The van der Waals surface area contributed by atoms with Crippen LogP contribution in [0.3, 0.4) is 0 Å². The average molecular weight is 604 g/mol. The fraction of sp³-hybridized carbons (Fsp3) is 0.588. The van der Waals surface area contributed by atoms with E-state index < -0.39 is 0 Å². The summed E-state index contributed by atoms with van der Waals surface area (Å²) in [5, 5.41) is 2.69. The van der Waals surface area contributed by atoms with Crippen molar-refractivity contribution in [3.05, 3.63) is 63.1 Å². The Morgan fingerprint density at radius 3 is 1.72 bits per heavy atom. The Balaban J connectivity index is 0.000000611. The third-order valence-electron chi connectivity index (χ3n) is 7.15. The Kier molecular flexibility index (Phi) is 19.6. The van der Waals surface area contributed by atoms with Crippen molar-refractivity contribution >= 4 is 33.4 Å². The molecule has 2 amide bonds.